The van der Waals surface area contributed by atoms with Gasteiger partial charge in [-0.15, -0.1) is 0 Å². The predicted octanol–water partition coefficient (Wildman–Crippen LogP) is 1.65. The van der Waals surface area contributed by atoms with Gasteiger partial charge in [-0.05, 0) is 37.6 Å². The molecule has 1 aromatic rings. The third-order valence-electron chi connectivity index (χ3n) is 3.16. The van der Waals surface area contributed by atoms with E-state index in [4.69, 9.17) is 0 Å². The van der Waals surface area contributed by atoms with Crippen LogP contribution in [-0.2, 0) is 0 Å². The van der Waals surface area contributed by atoms with Crippen molar-refractivity contribution in [3.05, 3.63) is 35.6 Å². The van der Waals surface area contributed by atoms with Crippen LogP contribution in [0, 0.1) is 5.82 Å². The fraction of sp³-hybridized carbons (Fsp3) is 0.500. The summed E-state index contributed by atoms with van der Waals surface area (Å²) in [5.74, 6) is -0.268. The van der Waals surface area contributed by atoms with Gasteiger partial charge in [0.15, 0.2) is 0 Å². The van der Waals surface area contributed by atoms with Gasteiger partial charge in [-0.2, -0.15) is 0 Å². The topological polar surface area (TPSA) is 32.3 Å². The molecule has 0 aromatic heterocycles. The minimum Gasteiger partial charge on any atom is -0.389 e. The van der Waals surface area contributed by atoms with Crippen molar-refractivity contribution in [3.8, 4) is 0 Å². The van der Waals surface area contributed by atoms with Crippen LogP contribution in [0.1, 0.15) is 24.8 Å². The zero-order valence-corrected chi connectivity index (χ0v) is 8.83. The second-order valence-corrected chi connectivity index (χ2v) is 4.42. The second-order valence-electron chi connectivity index (χ2n) is 4.42. The highest BCUT2D eigenvalue weighted by Crippen LogP contribution is 2.32. The largest absolute Gasteiger partial charge is 0.389 e. The maximum absolute atomic E-state index is 13.1. The van der Waals surface area contributed by atoms with E-state index >= 15 is 0 Å². The summed E-state index contributed by atoms with van der Waals surface area (Å²) in [6.07, 6.45) is 0.703. The van der Waals surface area contributed by atoms with Gasteiger partial charge < -0.3 is 10.4 Å². The number of hydrogen-bond acceptors (Lipinski definition) is 2. The quantitative estimate of drug-likeness (QED) is 0.737. The molecular weight excluding hydrogens is 193 g/mol. The molecule has 2 N–H and O–H groups in total. The van der Waals surface area contributed by atoms with Crippen LogP contribution in [0.4, 0.5) is 4.39 Å². The summed E-state index contributed by atoms with van der Waals surface area (Å²) in [5, 5.41) is 13.4. The van der Waals surface area contributed by atoms with Crippen molar-refractivity contribution in [2.24, 2.45) is 0 Å². The Morgan fingerprint density at radius 3 is 3.00 bits per heavy atom. The van der Waals surface area contributed by atoms with E-state index < -0.39 is 5.60 Å². The number of aliphatic hydroxyl groups is 1. The molecule has 2 rings (SSSR count). The molecule has 0 radical (unpaired) electrons. The predicted molar refractivity (Wildman–Crippen MR) is 57.3 cm³/mol. The average molecular weight is 209 g/mol. The molecule has 3 heteroatoms. The molecule has 1 saturated heterocycles. The van der Waals surface area contributed by atoms with Crippen LogP contribution < -0.4 is 5.32 Å². The Balaban J connectivity index is 2.29. The van der Waals surface area contributed by atoms with Crippen molar-refractivity contribution in [2.75, 3.05) is 13.1 Å². The van der Waals surface area contributed by atoms with E-state index in [-0.39, 0.29) is 11.7 Å². The summed E-state index contributed by atoms with van der Waals surface area (Å²) in [5.41, 5.74) is 0.131. The molecule has 0 amide bonds. The molecular formula is C12H16FNO. The van der Waals surface area contributed by atoms with Crippen LogP contribution in [-0.4, -0.2) is 23.8 Å². The molecule has 0 spiro atoms. The molecule has 1 heterocycles. The van der Waals surface area contributed by atoms with E-state index in [1.807, 2.05) is 13.0 Å². The van der Waals surface area contributed by atoms with Crippen molar-refractivity contribution >= 4 is 0 Å². The summed E-state index contributed by atoms with van der Waals surface area (Å²) in [6, 6.07) is 6.49. The highest BCUT2D eigenvalue weighted by Gasteiger charge is 2.35. The van der Waals surface area contributed by atoms with Gasteiger partial charge in [-0.3, -0.25) is 0 Å². The Morgan fingerprint density at radius 1 is 1.53 bits per heavy atom. The van der Waals surface area contributed by atoms with Crippen LogP contribution in [0.15, 0.2) is 24.3 Å². The molecule has 0 aliphatic carbocycles. The van der Waals surface area contributed by atoms with E-state index in [1.54, 1.807) is 6.07 Å². The number of piperidine rings is 1. The Hall–Kier alpha value is -0.930. The number of nitrogens with one attached hydrogen (secondary N) is 1. The summed E-state index contributed by atoms with van der Waals surface area (Å²) in [7, 11) is 0. The third-order valence-corrected chi connectivity index (χ3v) is 3.16. The van der Waals surface area contributed by atoms with Crippen molar-refractivity contribution in [3.63, 3.8) is 0 Å². The van der Waals surface area contributed by atoms with Crippen molar-refractivity contribution in [2.45, 2.75) is 24.9 Å². The number of benzene rings is 1. The molecule has 1 aliphatic rings. The molecule has 2 nitrogen and oxygen atoms in total. The van der Waals surface area contributed by atoms with Gasteiger partial charge in [0.25, 0.3) is 0 Å². The van der Waals surface area contributed by atoms with Crippen molar-refractivity contribution in [1.29, 1.82) is 0 Å². The smallest absolute Gasteiger partial charge is 0.123 e. The lowest BCUT2D eigenvalue weighted by Gasteiger charge is -2.37. The summed E-state index contributed by atoms with van der Waals surface area (Å²) in [6.45, 7) is 3.35. The van der Waals surface area contributed by atoms with Gasteiger partial charge in [0.05, 0.1) is 5.60 Å². The molecule has 0 bridgehead atoms. The Kier molecular flexibility index (Phi) is 2.76. The first-order valence-electron chi connectivity index (χ1n) is 5.28. The van der Waals surface area contributed by atoms with Gasteiger partial charge in [-0.25, -0.2) is 4.39 Å². The van der Waals surface area contributed by atoms with Gasteiger partial charge in [0.1, 0.15) is 5.82 Å². The summed E-state index contributed by atoms with van der Waals surface area (Å²) in [4.78, 5) is 0. The number of rotatable bonds is 1. The first kappa shape index (κ1) is 10.6. The lowest BCUT2D eigenvalue weighted by Crippen LogP contribution is -2.46. The summed E-state index contributed by atoms with van der Waals surface area (Å²) < 4.78 is 13.1. The molecule has 82 valence electrons. The Bertz CT molecular complexity index is 351. The fourth-order valence-corrected chi connectivity index (χ4v) is 2.18. The van der Waals surface area contributed by atoms with E-state index in [2.05, 4.69) is 5.32 Å². The Morgan fingerprint density at radius 2 is 2.33 bits per heavy atom. The highest BCUT2D eigenvalue weighted by atomic mass is 19.1. The summed E-state index contributed by atoms with van der Waals surface area (Å²) >= 11 is 0. The molecule has 15 heavy (non-hydrogen) atoms. The van der Waals surface area contributed by atoms with Crippen LogP contribution in [0.5, 0.6) is 0 Å². The van der Waals surface area contributed by atoms with Gasteiger partial charge in [0, 0.05) is 12.5 Å². The van der Waals surface area contributed by atoms with E-state index in [0.29, 0.717) is 13.0 Å². The fourth-order valence-electron chi connectivity index (χ4n) is 2.18. The average Bonchev–Trinajstić information content (AvgIpc) is 2.17. The zero-order valence-electron chi connectivity index (χ0n) is 8.83. The second kappa shape index (κ2) is 3.91. The first-order chi connectivity index (χ1) is 7.09. The van der Waals surface area contributed by atoms with E-state index in [0.717, 1.165) is 12.1 Å². The molecule has 1 aliphatic heterocycles. The molecule has 2 unspecified atom stereocenters. The van der Waals surface area contributed by atoms with Crippen LogP contribution in [0.2, 0.25) is 0 Å². The monoisotopic (exact) mass is 209 g/mol. The van der Waals surface area contributed by atoms with Gasteiger partial charge in [0.2, 0.25) is 0 Å². The van der Waals surface area contributed by atoms with Crippen LogP contribution in [0.25, 0.3) is 0 Å². The first-order valence-corrected chi connectivity index (χ1v) is 5.28. The van der Waals surface area contributed by atoms with E-state index in [9.17, 15) is 9.50 Å². The van der Waals surface area contributed by atoms with Gasteiger partial charge in [-0.1, -0.05) is 12.1 Å². The van der Waals surface area contributed by atoms with Crippen LogP contribution in [0.3, 0.4) is 0 Å². The third kappa shape index (κ3) is 2.19. The molecule has 0 saturated carbocycles. The van der Waals surface area contributed by atoms with Gasteiger partial charge >= 0.3 is 0 Å². The number of halogens is 1. The standard InChI is InChI=1S/C12H16FNO/c1-12(15)5-6-14-8-11(12)9-3-2-4-10(13)7-9/h2-4,7,11,14-15H,5-6,8H2,1H3. The number of hydrogen-bond donors (Lipinski definition) is 2. The van der Waals surface area contributed by atoms with Crippen molar-refractivity contribution in [1.82, 2.24) is 5.32 Å². The minimum absolute atomic E-state index is 0.0260. The molecule has 2 atom stereocenters. The lowest BCUT2D eigenvalue weighted by molar-refractivity contribution is 0.00775. The van der Waals surface area contributed by atoms with E-state index in [1.165, 1.54) is 12.1 Å². The SMILES string of the molecule is CC1(O)CCNCC1c1cccc(F)c1. The highest BCUT2D eigenvalue weighted by molar-refractivity contribution is 5.24. The lowest BCUT2D eigenvalue weighted by atomic mass is 9.79. The van der Waals surface area contributed by atoms with Crippen LogP contribution >= 0.6 is 0 Å². The maximum atomic E-state index is 13.1. The normalized spacial score (nSPS) is 31.5. The Labute approximate surface area is 89.1 Å². The minimum atomic E-state index is -0.737. The zero-order chi connectivity index (χ0) is 10.9. The molecule has 1 fully saturated rings. The van der Waals surface area contributed by atoms with Crippen molar-refractivity contribution < 1.29 is 9.50 Å². The molecule has 1 aromatic carbocycles. The maximum Gasteiger partial charge on any atom is 0.123 e.